The Morgan fingerprint density at radius 2 is 1.82 bits per heavy atom. The smallest absolute Gasteiger partial charge is 0.323 e. The highest BCUT2D eigenvalue weighted by Gasteiger charge is 2.51. The van der Waals surface area contributed by atoms with Crippen molar-refractivity contribution < 1.29 is 14.5 Å². The number of nitrogens with one attached hydrogen (secondary N) is 1. The van der Waals surface area contributed by atoms with E-state index in [0.717, 1.165) is 18.4 Å². The van der Waals surface area contributed by atoms with Gasteiger partial charge in [-0.1, -0.05) is 25.0 Å². The van der Waals surface area contributed by atoms with Crippen LogP contribution in [0, 0.1) is 10.1 Å². The minimum absolute atomic E-state index is 0.0312. The second-order valence-corrected chi connectivity index (χ2v) is 5.85. The fourth-order valence-electron chi connectivity index (χ4n) is 3.22. The van der Waals surface area contributed by atoms with Crippen LogP contribution in [0.25, 0.3) is 0 Å². The molecule has 1 saturated heterocycles. The number of non-ortho nitro benzene ring substituents is 1. The standard InChI is InChI=1S/C15H17N3O4/c19-13-15(8-1-2-9-15)16-14(20)17(13)10-7-11-3-5-12(6-4-11)18(21)22/h3-6H,1-2,7-10H2,(H,16,20). The van der Waals surface area contributed by atoms with Crippen molar-refractivity contribution >= 4 is 17.6 Å². The molecule has 1 aliphatic heterocycles. The molecule has 0 atom stereocenters. The van der Waals surface area contributed by atoms with Crippen molar-refractivity contribution in [3.05, 3.63) is 39.9 Å². The Morgan fingerprint density at radius 3 is 2.41 bits per heavy atom. The second-order valence-electron chi connectivity index (χ2n) is 5.85. The molecule has 7 nitrogen and oxygen atoms in total. The lowest BCUT2D eigenvalue weighted by Gasteiger charge is -2.20. The summed E-state index contributed by atoms with van der Waals surface area (Å²) in [6.45, 7) is 0.296. The molecule has 7 heteroatoms. The first-order chi connectivity index (χ1) is 10.5. The van der Waals surface area contributed by atoms with Crippen LogP contribution in [0.15, 0.2) is 24.3 Å². The molecule has 0 radical (unpaired) electrons. The molecule has 3 rings (SSSR count). The van der Waals surface area contributed by atoms with Gasteiger partial charge in [-0.2, -0.15) is 0 Å². The molecule has 2 fully saturated rings. The molecule has 116 valence electrons. The number of hydrogen-bond donors (Lipinski definition) is 1. The third-order valence-electron chi connectivity index (χ3n) is 4.47. The monoisotopic (exact) mass is 303 g/mol. The van der Waals surface area contributed by atoms with E-state index in [4.69, 9.17) is 0 Å². The largest absolute Gasteiger partial charge is 0.325 e. The minimum Gasteiger partial charge on any atom is -0.323 e. The average molecular weight is 303 g/mol. The van der Waals surface area contributed by atoms with Crippen molar-refractivity contribution in [2.75, 3.05) is 6.54 Å². The summed E-state index contributed by atoms with van der Waals surface area (Å²) in [6, 6.07) is 5.84. The Labute approximate surface area is 127 Å². The molecule has 1 spiro atoms. The molecule has 0 aromatic heterocycles. The van der Waals surface area contributed by atoms with E-state index in [1.165, 1.54) is 17.0 Å². The van der Waals surface area contributed by atoms with E-state index >= 15 is 0 Å². The SMILES string of the molecule is O=C1NC2(CCCC2)C(=O)N1CCc1ccc([N+](=O)[O-])cc1. The summed E-state index contributed by atoms with van der Waals surface area (Å²) < 4.78 is 0. The molecular formula is C15H17N3O4. The van der Waals surface area contributed by atoms with Crippen molar-refractivity contribution in [2.45, 2.75) is 37.6 Å². The van der Waals surface area contributed by atoms with Crippen LogP contribution in [0.1, 0.15) is 31.2 Å². The normalized spacial score (nSPS) is 19.7. The van der Waals surface area contributed by atoms with Gasteiger partial charge in [0.15, 0.2) is 0 Å². The molecule has 3 amide bonds. The van der Waals surface area contributed by atoms with E-state index in [1.54, 1.807) is 12.1 Å². The van der Waals surface area contributed by atoms with Crippen molar-refractivity contribution in [1.82, 2.24) is 10.2 Å². The van der Waals surface area contributed by atoms with Gasteiger partial charge >= 0.3 is 6.03 Å². The van der Waals surface area contributed by atoms with E-state index in [-0.39, 0.29) is 17.6 Å². The Kier molecular flexibility index (Phi) is 3.56. The zero-order chi connectivity index (χ0) is 15.7. The predicted molar refractivity (Wildman–Crippen MR) is 78.2 cm³/mol. The average Bonchev–Trinajstić information content (AvgIpc) is 3.05. The van der Waals surface area contributed by atoms with Crippen LogP contribution in [0.2, 0.25) is 0 Å². The third-order valence-corrected chi connectivity index (χ3v) is 4.47. The number of urea groups is 1. The number of carbonyl (C=O) groups is 2. The lowest BCUT2D eigenvalue weighted by Crippen LogP contribution is -2.44. The van der Waals surface area contributed by atoms with Gasteiger partial charge in [-0.15, -0.1) is 0 Å². The number of hydrogen-bond acceptors (Lipinski definition) is 4. The van der Waals surface area contributed by atoms with Crippen LogP contribution >= 0.6 is 0 Å². The van der Waals surface area contributed by atoms with Gasteiger partial charge in [-0.05, 0) is 24.8 Å². The summed E-state index contributed by atoms with van der Waals surface area (Å²) in [5, 5.41) is 13.4. The summed E-state index contributed by atoms with van der Waals surface area (Å²) in [5.74, 6) is -0.128. The van der Waals surface area contributed by atoms with Crippen LogP contribution in [-0.4, -0.2) is 33.8 Å². The highest BCUT2D eigenvalue weighted by Crippen LogP contribution is 2.35. The molecule has 1 saturated carbocycles. The summed E-state index contributed by atoms with van der Waals surface area (Å²) in [6.07, 6.45) is 3.84. The predicted octanol–water partition coefficient (Wildman–Crippen LogP) is 2.00. The first kappa shape index (κ1) is 14.5. The highest BCUT2D eigenvalue weighted by atomic mass is 16.6. The molecule has 22 heavy (non-hydrogen) atoms. The van der Waals surface area contributed by atoms with Gasteiger partial charge in [0.1, 0.15) is 5.54 Å². The molecule has 1 heterocycles. The maximum atomic E-state index is 12.5. The van der Waals surface area contributed by atoms with E-state index < -0.39 is 10.5 Å². The third kappa shape index (κ3) is 2.43. The maximum absolute atomic E-state index is 12.5. The lowest BCUT2D eigenvalue weighted by atomic mass is 9.98. The Balaban J connectivity index is 1.65. The van der Waals surface area contributed by atoms with Gasteiger partial charge in [0.25, 0.3) is 11.6 Å². The molecule has 1 aromatic rings. The Bertz CT molecular complexity index is 620. The number of carbonyl (C=O) groups excluding carboxylic acids is 2. The summed E-state index contributed by atoms with van der Waals surface area (Å²) in [4.78, 5) is 35.9. The first-order valence-corrected chi connectivity index (χ1v) is 7.39. The van der Waals surface area contributed by atoms with Crippen LogP contribution in [0.5, 0.6) is 0 Å². The zero-order valence-corrected chi connectivity index (χ0v) is 12.1. The van der Waals surface area contributed by atoms with Crippen molar-refractivity contribution in [2.24, 2.45) is 0 Å². The highest BCUT2D eigenvalue weighted by molar-refractivity contribution is 6.07. The van der Waals surface area contributed by atoms with Crippen LogP contribution in [0.4, 0.5) is 10.5 Å². The van der Waals surface area contributed by atoms with Gasteiger partial charge in [-0.3, -0.25) is 19.8 Å². The summed E-state index contributed by atoms with van der Waals surface area (Å²) in [5.41, 5.74) is 0.217. The number of nitro groups is 1. The Hall–Kier alpha value is -2.44. The summed E-state index contributed by atoms with van der Waals surface area (Å²) >= 11 is 0. The van der Waals surface area contributed by atoms with Crippen LogP contribution in [-0.2, 0) is 11.2 Å². The van der Waals surface area contributed by atoms with E-state index in [9.17, 15) is 19.7 Å². The van der Waals surface area contributed by atoms with Crippen molar-refractivity contribution in [3.8, 4) is 0 Å². The van der Waals surface area contributed by atoms with Crippen molar-refractivity contribution in [1.29, 1.82) is 0 Å². The first-order valence-electron chi connectivity index (χ1n) is 7.39. The summed E-state index contributed by atoms with van der Waals surface area (Å²) in [7, 11) is 0. The number of amides is 3. The fourth-order valence-corrected chi connectivity index (χ4v) is 3.22. The van der Waals surface area contributed by atoms with Gasteiger partial charge < -0.3 is 5.32 Å². The topological polar surface area (TPSA) is 92.6 Å². The van der Waals surface area contributed by atoms with Gasteiger partial charge in [0, 0.05) is 18.7 Å². The van der Waals surface area contributed by atoms with Crippen LogP contribution < -0.4 is 5.32 Å². The molecule has 1 N–H and O–H groups in total. The number of nitro benzene ring substituents is 1. The number of benzene rings is 1. The lowest BCUT2D eigenvalue weighted by molar-refractivity contribution is -0.384. The van der Waals surface area contributed by atoms with Gasteiger partial charge in [0.05, 0.1) is 4.92 Å². The van der Waals surface area contributed by atoms with Crippen molar-refractivity contribution in [3.63, 3.8) is 0 Å². The number of rotatable bonds is 4. The Morgan fingerprint density at radius 1 is 1.18 bits per heavy atom. The van der Waals surface area contributed by atoms with E-state index in [0.29, 0.717) is 25.8 Å². The molecule has 2 aliphatic rings. The quantitative estimate of drug-likeness (QED) is 0.523. The van der Waals surface area contributed by atoms with Gasteiger partial charge in [-0.25, -0.2) is 4.79 Å². The second kappa shape index (κ2) is 5.40. The fraction of sp³-hybridized carbons (Fsp3) is 0.467. The maximum Gasteiger partial charge on any atom is 0.325 e. The number of imide groups is 1. The van der Waals surface area contributed by atoms with E-state index in [1.807, 2.05) is 0 Å². The van der Waals surface area contributed by atoms with Gasteiger partial charge in [0.2, 0.25) is 0 Å². The van der Waals surface area contributed by atoms with Crippen LogP contribution in [0.3, 0.4) is 0 Å². The minimum atomic E-state index is -0.674. The molecule has 0 unspecified atom stereocenters. The molecule has 1 aromatic carbocycles. The molecule has 1 aliphatic carbocycles. The molecular weight excluding hydrogens is 286 g/mol. The number of nitrogens with zero attached hydrogens (tertiary/aromatic N) is 2. The molecule has 0 bridgehead atoms. The van der Waals surface area contributed by atoms with E-state index in [2.05, 4.69) is 5.32 Å². The zero-order valence-electron chi connectivity index (χ0n) is 12.1.